The molecule has 2 aromatic rings. The van der Waals surface area contributed by atoms with Gasteiger partial charge in [-0.3, -0.25) is 10.3 Å². The molecule has 2 aromatic carbocycles. The molecule has 0 aliphatic carbocycles. The Hall–Kier alpha value is -1.94. The number of fused-ring (bicyclic) bond motifs is 1. The molecular weight excluding hydrogens is 192 g/mol. The monoisotopic (exact) mass is 202 g/mol. The summed E-state index contributed by atoms with van der Waals surface area (Å²) < 4.78 is 0. The van der Waals surface area contributed by atoms with E-state index in [4.69, 9.17) is 0 Å². The van der Waals surface area contributed by atoms with Gasteiger partial charge in [0.2, 0.25) is 0 Å². The van der Waals surface area contributed by atoms with Gasteiger partial charge in [0.05, 0.1) is 5.69 Å². The molecule has 0 atom stereocenters. The highest BCUT2D eigenvalue weighted by atomic mass is 16.5. The summed E-state index contributed by atoms with van der Waals surface area (Å²) in [5.41, 5.74) is 1.04. The van der Waals surface area contributed by atoms with Crippen LogP contribution in [-0.4, -0.2) is 12.3 Å². The van der Waals surface area contributed by atoms with Gasteiger partial charge in [0.1, 0.15) is 5.69 Å². The SMILES string of the molecule is CN(O)c1cccc2c(N=O)cccc12. The van der Waals surface area contributed by atoms with E-state index in [1.54, 1.807) is 30.3 Å². The second-order valence-electron chi connectivity index (χ2n) is 3.26. The van der Waals surface area contributed by atoms with Crippen molar-refractivity contribution in [2.75, 3.05) is 12.1 Å². The summed E-state index contributed by atoms with van der Waals surface area (Å²) in [4.78, 5) is 10.6. The molecule has 0 aliphatic rings. The molecule has 0 aromatic heterocycles. The summed E-state index contributed by atoms with van der Waals surface area (Å²) in [5, 5.41) is 14.9. The molecule has 1 N–H and O–H groups in total. The Kier molecular flexibility index (Phi) is 2.35. The van der Waals surface area contributed by atoms with E-state index in [1.807, 2.05) is 6.07 Å². The molecule has 4 heteroatoms. The zero-order chi connectivity index (χ0) is 10.8. The summed E-state index contributed by atoms with van der Waals surface area (Å²) in [6, 6.07) is 10.6. The lowest BCUT2D eigenvalue weighted by Crippen LogP contribution is -2.09. The lowest BCUT2D eigenvalue weighted by atomic mass is 10.1. The summed E-state index contributed by atoms with van der Waals surface area (Å²) in [7, 11) is 1.54. The van der Waals surface area contributed by atoms with Gasteiger partial charge in [-0.25, -0.2) is 0 Å². The Labute approximate surface area is 86.7 Å². The predicted octanol–water partition coefficient (Wildman–Crippen LogP) is 3.06. The highest BCUT2D eigenvalue weighted by Gasteiger charge is 2.06. The molecule has 0 spiro atoms. The van der Waals surface area contributed by atoms with Gasteiger partial charge in [0, 0.05) is 17.8 Å². The van der Waals surface area contributed by atoms with Crippen molar-refractivity contribution in [3.05, 3.63) is 41.3 Å². The summed E-state index contributed by atoms with van der Waals surface area (Å²) in [6.45, 7) is 0. The number of nitrogens with zero attached hydrogens (tertiary/aromatic N) is 2. The standard InChI is InChI=1S/C11H10N2O2/c1-13(15)11-7-3-4-8-9(11)5-2-6-10(8)12-14/h2-7,15H,1H3. The molecule has 0 aliphatic heterocycles. The molecule has 76 valence electrons. The number of rotatable bonds is 2. The van der Waals surface area contributed by atoms with Crippen molar-refractivity contribution >= 4 is 22.1 Å². The van der Waals surface area contributed by atoms with Gasteiger partial charge in [-0.05, 0) is 17.3 Å². The van der Waals surface area contributed by atoms with Gasteiger partial charge in [0.15, 0.2) is 0 Å². The third-order valence-electron chi connectivity index (χ3n) is 2.32. The van der Waals surface area contributed by atoms with Crippen LogP contribution in [0.2, 0.25) is 0 Å². The fraction of sp³-hybridized carbons (Fsp3) is 0.0909. The predicted molar refractivity (Wildman–Crippen MR) is 59.6 cm³/mol. The first-order chi connectivity index (χ1) is 7.24. The number of hydrogen-bond acceptors (Lipinski definition) is 4. The van der Waals surface area contributed by atoms with Crippen LogP contribution in [0, 0.1) is 4.91 Å². The Bertz CT molecular complexity index is 509. The zero-order valence-corrected chi connectivity index (χ0v) is 8.21. The lowest BCUT2D eigenvalue weighted by Gasteiger charge is -2.13. The van der Waals surface area contributed by atoms with E-state index in [9.17, 15) is 10.1 Å². The van der Waals surface area contributed by atoms with Gasteiger partial charge < -0.3 is 0 Å². The van der Waals surface area contributed by atoms with E-state index in [-0.39, 0.29) is 0 Å². The second kappa shape index (κ2) is 3.67. The fourth-order valence-electron chi connectivity index (χ4n) is 1.64. The molecule has 4 nitrogen and oxygen atoms in total. The Morgan fingerprint density at radius 1 is 1.13 bits per heavy atom. The van der Waals surface area contributed by atoms with Crippen LogP contribution < -0.4 is 5.06 Å². The van der Waals surface area contributed by atoms with E-state index in [2.05, 4.69) is 5.18 Å². The normalized spacial score (nSPS) is 10.3. The summed E-state index contributed by atoms with van der Waals surface area (Å²) in [6.07, 6.45) is 0. The van der Waals surface area contributed by atoms with E-state index in [1.165, 1.54) is 7.05 Å². The lowest BCUT2D eigenvalue weighted by molar-refractivity contribution is 0.280. The number of hydrogen-bond donors (Lipinski definition) is 1. The van der Waals surface area contributed by atoms with Crippen molar-refractivity contribution in [1.29, 1.82) is 0 Å². The minimum absolute atomic E-state index is 0.385. The van der Waals surface area contributed by atoms with Crippen molar-refractivity contribution in [2.24, 2.45) is 5.18 Å². The highest BCUT2D eigenvalue weighted by Crippen LogP contribution is 2.31. The van der Waals surface area contributed by atoms with E-state index in [0.29, 0.717) is 11.4 Å². The first-order valence-electron chi connectivity index (χ1n) is 4.52. The Morgan fingerprint density at radius 3 is 2.47 bits per heavy atom. The molecular formula is C11H10N2O2. The van der Waals surface area contributed by atoms with Crippen molar-refractivity contribution in [1.82, 2.24) is 0 Å². The number of hydroxylamine groups is 1. The molecule has 0 saturated carbocycles. The minimum Gasteiger partial charge on any atom is -0.289 e. The summed E-state index contributed by atoms with van der Waals surface area (Å²) >= 11 is 0. The topological polar surface area (TPSA) is 52.9 Å². The Morgan fingerprint density at radius 2 is 1.80 bits per heavy atom. The average Bonchev–Trinajstić information content (AvgIpc) is 2.27. The maximum atomic E-state index is 10.6. The van der Waals surface area contributed by atoms with Gasteiger partial charge in [-0.1, -0.05) is 24.3 Å². The van der Waals surface area contributed by atoms with Crippen LogP contribution in [0.3, 0.4) is 0 Å². The van der Waals surface area contributed by atoms with Gasteiger partial charge >= 0.3 is 0 Å². The van der Waals surface area contributed by atoms with Crippen LogP contribution in [0.5, 0.6) is 0 Å². The highest BCUT2D eigenvalue weighted by molar-refractivity contribution is 6.00. The third-order valence-corrected chi connectivity index (χ3v) is 2.32. The van der Waals surface area contributed by atoms with Crippen LogP contribution in [-0.2, 0) is 0 Å². The van der Waals surface area contributed by atoms with Crippen LogP contribution in [0.15, 0.2) is 41.6 Å². The third kappa shape index (κ3) is 1.55. The number of nitroso groups, excluding NO2 is 1. The van der Waals surface area contributed by atoms with Crippen LogP contribution in [0.4, 0.5) is 11.4 Å². The zero-order valence-electron chi connectivity index (χ0n) is 8.21. The fourth-order valence-corrected chi connectivity index (χ4v) is 1.64. The van der Waals surface area contributed by atoms with Gasteiger partial charge in [-0.2, -0.15) is 0 Å². The largest absolute Gasteiger partial charge is 0.289 e. The average molecular weight is 202 g/mol. The van der Waals surface area contributed by atoms with Crippen LogP contribution in [0.25, 0.3) is 10.8 Å². The second-order valence-corrected chi connectivity index (χ2v) is 3.26. The molecule has 0 amide bonds. The van der Waals surface area contributed by atoms with Crippen LogP contribution >= 0.6 is 0 Å². The molecule has 0 radical (unpaired) electrons. The molecule has 0 fully saturated rings. The molecule has 0 saturated heterocycles. The molecule has 0 heterocycles. The molecule has 0 bridgehead atoms. The van der Waals surface area contributed by atoms with Gasteiger partial charge in [0.25, 0.3) is 0 Å². The van der Waals surface area contributed by atoms with Crippen molar-refractivity contribution < 1.29 is 5.21 Å². The first kappa shape index (κ1) is 9.61. The molecule has 2 rings (SSSR count). The number of anilines is 1. The molecule has 0 unspecified atom stereocenters. The molecule has 15 heavy (non-hydrogen) atoms. The van der Waals surface area contributed by atoms with Crippen molar-refractivity contribution in [3.63, 3.8) is 0 Å². The quantitative estimate of drug-likeness (QED) is 0.601. The van der Waals surface area contributed by atoms with E-state index in [0.717, 1.165) is 15.8 Å². The number of benzene rings is 2. The van der Waals surface area contributed by atoms with E-state index >= 15 is 0 Å². The van der Waals surface area contributed by atoms with E-state index < -0.39 is 0 Å². The summed E-state index contributed by atoms with van der Waals surface area (Å²) in [5.74, 6) is 0. The smallest absolute Gasteiger partial charge is 0.115 e. The maximum absolute atomic E-state index is 10.6. The van der Waals surface area contributed by atoms with Crippen LogP contribution in [0.1, 0.15) is 0 Å². The minimum atomic E-state index is 0.385. The first-order valence-corrected chi connectivity index (χ1v) is 4.52. The van der Waals surface area contributed by atoms with Crippen molar-refractivity contribution in [2.45, 2.75) is 0 Å². The van der Waals surface area contributed by atoms with Gasteiger partial charge in [-0.15, -0.1) is 4.91 Å². The Balaban J connectivity index is 2.82. The maximum Gasteiger partial charge on any atom is 0.115 e. The van der Waals surface area contributed by atoms with Crippen molar-refractivity contribution in [3.8, 4) is 0 Å².